The number of hydrogen-bond acceptors (Lipinski definition) is 3. The average Bonchev–Trinajstić information content (AvgIpc) is 3.12. The van der Waals surface area contributed by atoms with E-state index in [0.29, 0.717) is 11.3 Å². The number of halogens is 1. The summed E-state index contributed by atoms with van der Waals surface area (Å²) in [5, 5.41) is 7.24. The summed E-state index contributed by atoms with van der Waals surface area (Å²) in [6.07, 6.45) is 6.20. The van der Waals surface area contributed by atoms with Crippen molar-refractivity contribution in [3.05, 3.63) is 30.1 Å². The second kappa shape index (κ2) is 11.7. The van der Waals surface area contributed by atoms with Gasteiger partial charge in [0, 0.05) is 47.9 Å². The van der Waals surface area contributed by atoms with Crippen molar-refractivity contribution in [1.82, 2.24) is 20.6 Å². The van der Waals surface area contributed by atoms with Gasteiger partial charge in [-0.05, 0) is 37.8 Å². The van der Waals surface area contributed by atoms with Crippen molar-refractivity contribution in [3.8, 4) is 0 Å². The predicted molar refractivity (Wildman–Crippen MR) is 129 cm³/mol. The Kier molecular flexibility index (Phi) is 9.70. The molecule has 0 aliphatic heterocycles. The van der Waals surface area contributed by atoms with Crippen LogP contribution in [-0.2, 0) is 17.2 Å². The zero-order chi connectivity index (χ0) is 19.1. The minimum atomic E-state index is -0.697. The summed E-state index contributed by atoms with van der Waals surface area (Å²) in [4.78, 5) is 12.3. The van der Waals surface area contributed by atoms with Crippen LogP contribution in [0.2, 0.25) is 0 Å². The van der Waals surface area contributed by atoms with Crippen molar-refractivity contribution in [2.75, 3.05) is 19.3 Å². The lowest BCUT2D eigenvalue weighted by atomic mass is 9.95. The predicted octanol–water partition coefficient (Wildman–Crippen LogP) is 3.36. The number of para-hydroxylation sites is 2. The number of aromatic amines is 1. The standard InChI is InChI=1S/C20H31N5OS.HI/c1-3-27(26)16-9-6-8-15(14-16)23-20(21-2)22-13-7-12-19-24-17-10-4-5-11-18(17)25-19;/h4-5,10-11,15-16H,3,6-9,12-14H2,1-2H3,(H,24,25)(H2,21,22,23);1H. The molecular weight excluding hydrogens is 485 g/mol. The van der Waals surface area contributed by atoms with Crippen molar-refractivity contribution in [1.29, 1.82) is 0 Å². The van der Waals surface area contributed by atoms with Gasteiger partial charge in [0.2, 0.25) is 0 Å². The number of aromatic nitrogens is 2. The van der Waals surface area contributed by atoms with E-state index in [1.54, 1.807) is 7.05 Å². The van der Waals surface area contributed by atoms with E-state index in [-0.39, 0.29) is 24.0 Å². The highest BCUT2D eigenvalue weighted by Crippen LogP contribution is 2.23. The van der Waals surface area contributed by atoms with E-state index in [9.17, 15) is 4.21 Å². The molecule has 1 saturated carbocycles. The van der Waals surface area contributed by atoms with Crippen molar-refractivity contribution in [2.24, 2.45) is 4.99 Å². The van der Waals surface area contributed by atoms with E-state index in [1.165, 1.54) is 0 Å². The molecule has 0 spiro atoms. The number of benzene rings is 1. The summed E-state index contributed by atoms with van der Waals surface area (Å²) in [6.45, 7) is 2.85. The highest BCUT2D eigenvalue weighted by molar-refractivity contribution is 14.0. The molecule has 1 fully saturated rings. The molecule has 8 heteroatoms. The Labute approximate surface area is 187 Å². The van der Waals surface area contributed by atoms with Gasteiger partial charge in [-0.2, -0.15) is 0 Å². The molecule has 0 radical (unpaired) electrons. The first-order valence-corrected chi connectivity index (χ1v) is 11.4. The first-order chi connectivity index (χ1) is 13.2. The fraction of sp³-hybridized carbons (Fsp3) is 0.600. The van der Waals surface area contributed by atoms with Crippen molar-refractivity contribution < 1.29 is 4.21 Å². The van der Waals surface area contributed by atoms with E-state index in [0.717, 1.165) is 73.6 Å². The van der Waals surface area contributed by atoms with Crippen molar-refractivity contribution in [2.45, 2.75) is 56.7 Å². The smallest absolute Gasteiger partial charge is 0.191 e. The SMILES string of the molecule is CCS(=O)C1CCCC(NC(=NC)NCCCc2nc3ccccc3[nH]2)C1.I. The number of hydrogen-bond donors (Lipinski definition) is 3. The molecule has 1 heterocycles. The third kappa shape index (κ3) is 6.43. The monoisotopic (exact) mass is 517 g/mol. The number of nitrogens with one attached hydrogen (secondary N) is 3. The van der Waals surface area contributed by atoms with Gasteiger partial charge in [0.1, 0.15) is 5.82 Å². The molecule has 2 aromatic rings. The molecule has 28 heavy (non-hydrogen) atoms. The molecule has 3 unspecified atom stereocenters. The molecule has 1 aromatic carbocycles. The number of guanidine groups is 1. The molecule has 1 aliphatic carbocycles. The normalized spacial score (nSPS) is 21.1. The zero-order valence-corrected chi connectivity index (χ0v) is 19.9. The molecule has 3 N–H and O–H groups in total. The fourth-order valence-corrected chi connectivity index (χ4v) is 5.07. The van der Waals surface area contributed by atoms with E-state index < -0.39 is 10.8 Å². The van der Waals surface area contributed by atoms with Gasteiger partial charge in [-0.15, -0.1) is 24.0 Å². The molecule has 0 bridgehead atoms. The summed E-state index contributed by atoms with van der Waals surface area (Å²) in [5.74, 6) is 2.62. The Hall–Kier alpha value is -1.16. The Morgan fingerprint density at radius 3 is 2.93 bits per heavy atom. The fourth-order valence-electron chi connectivity index (χ4n) is 3.73. The molecule has 156 valence electrons. The summed E-state index contributed by atoms with van der Waals surface area (Å²) < 4.78 is 12.1. The minimum Gasteiger partial charge on any atom is -0.356 e. The van der Waals surface area contributed by atoms with Gasteiger partial charge in [0.05, 0.1) is 11.0 Å². The van der Waals surface area contributed by atoms with Crippen LogP contribution in [0.5, 0.6) is 0 Å². The molecule has 1 aromatic heterocycles. The van der Waals surface area contributed by atoms with Gasteiger partial charge in [-0.3, -0.25) is 9.20 Å². The maximum absolute atomic E-state index is 12.1. The quantitative estimate of drug-likeness (QED) is 0.228. The van der Waals surface area contributed by atoms with E-state index >= 15 is 0 Å². The molecular formula is C20H32IN5OS. The summed E-state index contributed by atoms with van der Waals surface area (Å²) in [5.41, 5.74) is 2.11. The van der Waals surface area contributed by atoms with Crippen LogP contribution >= 0.6 is 24.0 Å². The number of imidazole rings is 1. The first-order valence-electron chi connectivity index (χ1n) is 9.97. The van der Waals surface area contributed by atoms with Crippen molar-refractivity contribution in [3.63, 3.8) is 0 Å². The lowest BCUT2D eigenvalue weighted by Crippen LogP contribution is -2.46. The second-order valence-electron chi connectivity index (χ2n) is 7.10. The lowest BCUT2D eigenvalue weighted by Gasteiger charge is -2.30. The van der Waals surface area contributed by atoms with Crippen LogP contribution in [0.1, 0.15) is 44.9 Å². The van der Waals surface area contributed by atoms with Gasteiger partial charge in [0.15, 0.2) is 5.96 Å². The van der Waals surface area contributed by atoms with Crippen LogP contribution in [0.25, 0.3) is 11.0 Å². The molecule has 1 aliphatic rings. The van der Waals surface area contributed by atoms with E-state index in [4.69, 9.17) is 0 Å². The Balaban J connectivity index is 0.00000280. The van der Waals surface area contributed by atoms with Crippen LogP contribution in [0.4, 0.5) is 0 Å². The molecule has 6 nitrogen and oxygen atoms in total. The highest BCUT2D eigenvalue weighted by atomic mass is 127. The molecule has 3 rings (SSSR count). The van der Waals surface area contributed by atoms with E-state index in [1.807, 2.05) is 25.1 Å². The summed E-state index contributed by atoms with van der Waals surface area (Å²) in [6, 6.07) is 8.48. The number of nitrogens with zero attached hydrogens (tertiary/aromatic N) is 2. The van der Waals surface area contributed by atoms with Crippen LogP contribution in [-0.4, -0.2) is 50.8 Å². The second-order valence-corrected chi connectivity index (χ2v) is 9.11. The Morgan fingerprint density at radius 2 is 2.18 bits per heavy atom. The number of aryl methyl sites for hydroxylation is 1. The largest absolute Gasteiger partial charge is 0.356 e. The topological polar surface area (TPSA) is 82.2 Å². The highest BCUT2D eigenvalue weighted by Gasteiger charge is 2.25. The number of rotatable bonds is 7. The van der Waals surface area contributed by atoms with Crippen LogP contribution in [0.3, 0.4) is 0 Å². The van der Waals surface area contributed by atoms with Gasteiger partial charge < -0.3 is 15.6 Å². The molecule has 0 amide bonds. The van der Waals surface area contributed by atoms with Gasteiger partial charge >= 0.3 is 0 Å². The number of H-pyrrole nitrogens is 1. The third-order valence-electron chi connectivity index (χ3n) is 5.17. The molecule has 0 saturated heterocycles. The summed E-state index contributed by atoms with van der Waals surface area (Å²) >= 11 is 0. The van der Waals surface area contributed by atoms with Crippen LogP contribution in [0, 0.1) is 0 Å². The Morgan fingerprint density at radius 1 is 1.36 bits per heavy atom. The lowest BCUT2D eigenvalue weighted by molar-refractivity contribution is 0.413. The van der Waals surface area contributed by atoms with Crippen LogP contribution < -0.4 is 10.6 Å². The molecule has 3 atom stereocenters. The van der Waals surface area contributed by atoms with Gasteiger partial charge in [-0.1, -0.05) is 25.5 Å². The first kappa shape index (κ1) is 23.1. The maximum Gasteiger partial charge on any atom is 0.191 e. The Bertz CT molecular complexity index is 761. The average molecular weight is 517 g/mol. The maximum atomic E-state index is 12.1. The third-order valence-corrected chi connectivity index (χ3v) is 6.91. The minimum absolute atomic E-state index is 0. The van der Waals surface area contributed by atoms with E-state index in [2.05, 4.69) is 31.7 Å². The van der Waals surface area contributed by atoms with Crippen molar-refractivity contribution >= 4 is 51.8 Å². The number of fused-ring (bicyclic) bond motifs is 1. The van der Waals surface area contributed by atoms with Crippen LogP contribution in [0.15, 0.2) is 29.3 Å². The van der Waals surface area contributed by atoms with Gasteiger partial charge in [-0.25, -0.2) is 4.98 Å². The number of aliphatic imine (C=N–C) groups is 1. The zero-order valence-electron chi connectivity index (χ0n) is 16.7. The van der Waals surface area contributed by atoms with Gasteiger partial charge in [0.25, 0.3) is 0 Å². The summed E-state index contributed by atoms with van der Waals surface area (Å²) in [7, 11) is 1.11.